The van der Waals surface area contributed by atoms with Gasteiger partial charge in [0.05, 0.1) is 11.9 Å². The van der Waals surface area contributed by atoms with E-state index in [2.05, 4.69) is 21.9 Å². The lowest BCUT2D eigenvalue weighted by molar-refractivity contribution is -0.111. The van der Waals surface area contributed by atoms with Crippen LogP contribution in [0.2, 0.25) is 0 Å². The molecule has 0 atom stereocenters. The molecule has 0 unspecified atom stereocenters. The van der Waals surface area contributed by atoms with Crippen molar-refractivity contribution >= 4 is 17.2 Å². The third kappa shape index (κ3) is 3.20. The van der Waals surface area contributed by atoms with Crippen LogP contribution in [0.15, 0.2) is 79.8 Å². The lowest BCUT2D eigenvalue weighted by Crippen LogP contribution is -2.07. The number of amides is 1. The highest BCUT2D eigenvalue weighted by atomic mass is 19.1. The zero-order chi connectivity index (χ0) is 18.8. The molecule has 3 heterocycles. The van der Waals surface area contributed by atoms with Crippen molar-refractivity contribution < 1.29 is 9.18 Å². The van der Waals surface area contributed by atoms with E-state index in [0.717, 1.165) is 16.9 Å². The number of hydrogen-bond donors (Lipinski definition) is 1. The molecule has 0 radical (unpaired) electrons. The lowest BCUT2D eigenvalue weighted by atomic mass is 10.1. The Morgan fingerprint density at radius 1 is 1.11 bits per heavy atom. The standard InChI is InChI=1S/C21H15FN4O/c1-2-20(27)25-16-6-3-5-14(11-16)18-12-24-19-9-8-15(13-26(18)19)17-7-4-10-23-21(17)22/h2-13H,1H2,(H,25,27). The summed E-state index contributed by atoms with van der Waals surface area (Å²) in [7, 11) is 0. The van der Waals surface area contributed by atoms with Gasteiger partial charge in [-0.2, -0.15) is 4.39 Å². The smallest absolute Gasteiger partial charge is 0.247 e. The molecular weight excluding hydrogens is 343 g/mol. The highest BCUT2D eigenvalue weighted by Crippen LogP contribution is 2.27. The molecule has 6 heteroatoms. The van der Waals surface area contributed by atoms with Crippen molar-refractivity contribution in [1.29, 1.82) is 0 Å². The van der Waals surface area contributed by atoms with E-state index in [0.29, 0.717) is 16.8 Å². The van der Waals surface area contributed by atoms with Crippen LogP contribution in [0.1, 0.15) is 0 Å². The summed E-state index contributed by atoms with van der Waals surface area (Å²) in [6.07, 6.45) is 6.21. The average Bonchev–Trinajstić information content (AvgIpc) is 3.11. The van der Waals surface area contributed by atoms with Gasteiger partial charge in [-0.05, 0) is 42.5 Å². The minimum Gasteiger partial charge on any atom is -0.323 e. The van der Waals surface area contributed by atoms with Gasteiger partial charge < -0.3 is 5.32 Å². The Labute approximate surface area is 154 Å². The third-order valence-corrected chi connectivity index (χ3v) is 4.19. The molecule has 0 aliphatic carbocycles. The Hall–Kier alpha value is -3.80. The highest BCUT2D eigenvalue weighted by Gasteiger charge is 2.11. The molecule has 0 fully saturated rings. The van der Waals surface area contributed by atoms with Crippen molar-refractivity contribution in [2.45, 2.75) is 0 Å². The number of nitrogens with one attached hydrogen (secondary N) is 1. The topological polar surface area (TPSA) is 59.3 Å². The molecule has 0 bridgehead atoms. The summed E-state index contributed by atoms with van der Waals surface area (Å²) in [5, 5.41) is 2.74. The van der Waals surface area contributed by atoms with E-state index in [4.69, 9.17) is 0 Å². The number of carbonyl (C=O) groups is 1. The summed E-state index contributed by atoms with van der Waals surface area (Å²) in [6, 6.07) is 14.4. The number of aromatic nitrogens is 3. The number of pyridine rings is 2. The largest absolute Gasteiger partial charge is 0.323 e. The third-order valence-electron chi connectivity index (χ3n) is 4.19. The van der Waals surface area contributed by atoms with Crippen LogP contribution >= 0.6 is 0 Å². The van der Waals surface area contributed by atoms with Gasteiger partial charge in [0.15, 0.2) is 0 Å². The molecule has 0 spiro atoms. The second-order valence-electron chi connectivity index (χ2n) is 5.91. The predicted octanol–water partition coefficient (Wildman–Crippen LogP) is 4.33. The van der Waals surface area contributed by atoms with Gasteiger partial charge in [0.2, 0.25) is 11.9 Å². The van der Waals surface area contributed by atoms with Gasteiger partial charge in [0.1, 0.15) is 5.65 Å². The first-order valence-corrected chi connectivity index (χ1v) is 8.27. The fourth-order valence-corrected chi connectivity index (χ4v) is 2.90. The van der Waals surface area contributed by atoms with Crippen LogP contribution in [0.4, 0.5) is 10.1 Å². The first kappa shape index (κ1) is 16.7. The second-order valence-corrected chi connectivity index (χ2v) is 5.91. The van der Waals surface area contributed by atoms with E-state index < -0.39 is 5.95 Å². The molecule has 0 saturated heterocycles. The molecule has 1 aromatic carbocycles. The first-order chi connectivity index (χ1) is 13.2. The summed E-state index contributed by atoms with van der Waals surface area (Å²) in [5.41, 5.74) is 4.20. The molecule has 132 valence electrons. The Kier molecular flexibility index (Phi) is 4.22. The van der Waals surface area contributed by atoms with Gasteiger partial charge in [-0.3, -0.25) is 9.20 Å². The van der Waals surface area contributed by atoms with Crippen molar-refractivity contribution in [3.63, 3.8) is 0 Å². The summed E-state index contributed by atoms with van der Waals surface area (Å²) < 4.78 is 15.9. The number of fused-ring (bicyclic) bond motifs is 1. The average molecular weight is 358 g/mol. The number of nitrogens with zero attached hydrogens (tertiary/aromatic N) is 3. The minimum atomic E-state index is -0.521. The molecule has 5 nitrogen and oxygen atoms in total. The van der Waals surface area contributed by atoms with Crippen LogP contribution in [0.25, 0.3) is 28.0 Å². The van der Waals surface area contributed by atoms with Crippen molar-refractivity contribution in [3.05, 3.63) is 85.7 Å². The first-order valence-electron chi connectivity index (χ1n) is 8.27. The van der Waals surface area contributed by atoms with Crippen LogP contribution in [0.3, 0.4) is 0 Å². The van der Waals surface area contributed by atoms with Gasteiger partial charge >= 0.3 is 0 Å². The molecule has 27 heavy (non-hydrogen) atoms. The van der Waals surface area contributed by atoms with Crippen LogP contribution < -0.4 is 5.32 Å². The normalized spacial score (nSPS) is 10.7. The minimum absolute atomic E-state index is 0.278. The van der Waals surface area contributed by atoms with Crippen molar-refractivity contribution in [2.75, 3.05) is 5.32 Å². The number of rotatable bonds is 4. The molecule has 1 amide bonds. The Balaban J connectivity index is 1.80. The quantitative estimate of drug-likeness (QED) is 0.436. The fraction of sp³-hybridized carbons (Fsp3) is 0. The lowest BCUT2D eigenvalue weighted by Gasteiger charge is -2.08. The predicted molar refractivity (Wildman–Crippen MR) is 103 cm³/mol. The highest BCUT2D eigenvalue weighted by molar-refractivity contribution is 5.99. The number of hydrogen-bond acceptors (Lipinski definition) is 3. The molecule has 0 saturated carbocycles. The monoisotopic (exact) mass is 358 g/mol. The van der Waals surface area contributed by atoms with Crippen molar-refractivity contribution in [3.8, 4) is 22.4 Å². The summed E-state index contributed by atoms with van der Waals surface area (Å²) in [6.45, 7) is 3.45. The molecule has 0 aliphatic heterocycles. The van der Waals surface area contributed by atoms with Crippen LogP contribution in [0, 0.1) is 5.95 Å². The van der Waals surface area contributed by atoms with Crippen LogP contribution in [-0.2, 0) is 4.79 Å². The maximum Gasteiger partial charge on any atom is 0.247 e. The molecule has 0 aliphatic rings. The number of anilines is 1. The fourth-order valence-electron chi connectivity index (χ4n) is 2.90. The zero-order valence-corrected chi connectivity index (χ0v) is 14.3. The molecule has 4 rings (SSSR count). The van der Waals surface area contributed by atoms with Crippen LogP contribution in [-0.4, -0.2) is 20.3 Å². The van der Waals surface area contributed by atoms with Crippen molar-refractivity contribution in [1.82, 2.24) is 14.4 Å². The maximum atomic E-state index is 14.0. The molecule has 3 aromatic heterocycles. The maximum absolute atomic E-state index is 14.0. The Bertz CT molecular complexity index is 1170. The molecule has 1 N–H and O–H groups in total. The number of imidazole rings is 1. The van der Waals surface area contributed by atoms with Crippen LogP contribution in [0.5, 0.6) is 0 Å². The van der Waals surface area contributed by atoms with Gasteiger partial charge in [0.25, 0.3) is 0 Å². The number of carbonyl (C=O) groups excluding carboxylic acids is 1. The van der Waals surface area contributed by atoms with Crippen molar-refractivity contribution in [2.24, 2.45) is 0 Å². The Morgan fingerprint density at radius 2 is 2.00 bits per heavy atom. The van der Waals surface area contributed by atoms with Gasteiger partial charge in [-0.15, -0.1) is 0 Å². The summed E-state index contributed by atoms with van der Waals surface area (Å²) in [5.74, 6) is -0.799. The zero-order valence-electron chi connectivity index (χ0n) is 14.3. The van der Waals surface area contributed by atoms with E-state index in [9.17, 15) is 9.18 Å². The molecule has 4 aromatic rings. The summed E-state index contributed by atoms with van der Waals surface area (Å²) in [4.78, 5) is 19.7. The number of benzene rings is 1. The van der Waals surface area contributed by atoms with E-state index in [1.807, 2.05) is 40.9 Å². The summed E-state index contributed by atoms with van der Waals surface area (Å²) >= 11 is 0. The SMILES string of the molecule is C=CC(=O)Nc1cccc(-c2cnc3ccc(-c4cccnc4F)cn23)c1. The van der Waals surface area contributed by atoms with Gasteiger partial charge in [-0.25, -0.2) is 9.97 Å². The van der Waals surface area contributed by atoms with E-state index >= 15 is 0 Å². The van der Waals surface area contributed by atoms with Gasteiger partial charge in [0, 0.05) is 34.8 Å². The number of halogens is 1. The van der Waals surface area contributed by atoms with E-state index in [1.54, 1.807) is 24.4 Å². The second kappa shape index (κ2) is 6.84. The van der Waals surface area contributed by atoms with E-state index in [-0.39, 0.29) is 5.91 Å². The van der Waals surface area contributed by atoms with Gasteiger partial charge in [-0.1, -0.05) is 18.7 Å². The Morgan fingerprint density at radius 3 is 2.81 bits per heavy atom. The molecular formula is C21H15FN4O. The van der Waals surface area contributed by atoms with E-state index in [1.165, 1.54) is 12.3 Å².